The van der Waals surface area contributed by atoms with Crippen molar-refractivity contribution in [2.75, 3.05) is 0 Å². The van der Waals surface area contributed by atoms with Crippen molar-refractivity contribution in [3.63, 3.8) is 0 Å². The molecule has 1 saturated carbocycles. The van der Waals surface area contributed by atoms with Gasteiger partial charge in [0.15, 0.2) is 0 Å². The number of aromatic nitrogens is 1. The number of rotatable bonds is 4. The Morgan fingerprint density at radius 3 is 2.67 bits per heavy atom. The Kier molecular flexibility index (Phi) is 3.65. The second-order valence-corrected chi connectivity index (χ2v) is 7.97. The quantitative estimate of drug-likeness (QED) is 0.563. The molecule has 5 heteroatoms. The average Bonchev–Trinajstić information content (AvgIpc) is 3.40. The van der Waals surface area contributed by atoms with Crippen molar-refractivity contribution in [1.29, 1.82) is 0 Å². The topological polar surface area (TPSA) is 58.8 Å². The number of benzene rings is 2. The van der Waals surface area contributed by atoms with Gasteiger partial charge in [-0.25, -0.2) is 4.79 Å². The van der Waals surface area contributed by atoms with E-state index in [4.69, 9.17) is 0 Å². The fraction of sp³-hybridized carbons (Fsp3) is 0.182. The second-order valence-electron chi connectivity index (χ2n) is 7.08. The fourth-order valence-corrected chi connectivity index (χ4v) is 4.82. The zero-order valence-corrected chi connectivity index (χ0v) is 15.3. The summed E-state index contributed by atoms with van der Waals surface area (Å²) in [6, 6.07) is 16.5. The molecule has 2 aromatic carbocycles. The number of thiazole rings is 1. The van der Waals surface area contributed by atoms with Gasteiger partial charge in [0.05, 0.1) is 0 Å². The Morgan fingerprint density at radius 1 is 1.11 bits per heavy atom. The van der Waals surface area contributed by atoms with Crippen molar-refractivity contribution < 1.29 is 9.90 Å². The Bertz CT molecular complexity index is 1260. The van der Waals surface area contributed by atoms with Gasteiger partial charge in [0, 0.05) is 10.9 Å². The van der Waals surface area contributed by atoms with E-state index in [9.17, 15) is 14.7 Å². The first-order valence-corrected chi connectivity index (χ1v) is 9.87. The van der Waals surface area contributed by atoms with E-state index in [0.29, 0.717) is 11.3 Å². The normalized spacial score (nSPS) is 14.1. The number of hydrogen-bond donors (Lipinski definition) is 1. The van der Waals surface area contributed by atoms with Crippen molar-refractivity contribution in [1.82, 2.24) is 4.40 Å². The van der Waals surface area contributed by atoms with Crippen molar-refractivity contribution in [3.05, 3.63) is 86.6 Å². The first kappa shape index (κ1) is 16.3. The molecule has 4 nitrogen and oxygen atoms in total. The molecule has 0 amide bonds. The van der Waals surface area contributed by atoms with Crippen LogP contribution in [0.15, 0.2) is 58.7 Å². The molecule has 27 heavy (non-hydrogen) atoms. The maximum atomic E-state index is 13.2. The van der Waals surface area contributed by atoms with Gasteiger partial charge in [-0.05, 0) is 53.1 Å². The molecule has 0 aliphatic heterocycles. The van der Waals surface area contributed by atoms with Crippen LogP contribution in [0.25, 0.3) is 15.6 Å². The molecule has 5 rings (SSSR count). The number of aromatic carboxylic acids is 1. The predicted octanol–water partition coefficient (Wildman–Crippen LogP) is 4.68. The summed E-state index contributed by atoms with van der Waals surface area (Å²) in [5.74, 6) is -0.812. The number of fused-ring (bicyclic) bond motifs is 2. The number of carbonyl (C=O) groups is 1. The summed E-state index contributed by atoms with van der Waals surface area (Å²) in [6.45, 7) is 0. The summed E-state index contributed by atoms with van der Waals surface area (Å²) in [7, 11) is 0. The molecule has 2 heterocycles. The standard InChI is InChI=1S/C22H17NO3S/c24-21-20(14-8-9-14)16(11-19-23(21)18(12-27-19)22(25)26)10-15-6-3-5-13-4-1-2-7-17(13)15/h1-7,11-12,14H,8-10H2,(H,25,26). The van der Waals surface area contributed by atoms with Gasteiger partial charge >= 0.3 is 5.97 Å². The summed E-state index contributed by atoms with van der Waals surface area (Å²) < 4.78 is 1.37. The number of carboxylic acid groups (broad SMARTS) is 1. The Morgan fingerprint density at radius 2 is 1.89 bits per heavy atom. The monoisotopic (exact) mass is 375 g/mol. The molecule has 134 valence electrons. The molecule has 2 aromatic heterocycles. The lowest BCUT2D eigenvalue weighted by Crippen LogP contribution is -2.22. The van der Waals surface area contributed by atoms with Crippen molar-refractivity contribution in [3.8, 4) is 0 Å². The zero-order valence-electron chi connectivity index (χ0n) is 14.5. The van der Waals surface area contributed by atoms with Crippen LogP contribution in [0.5, 0.6) is 0 Å². The third kappa shape index (κ3) is 2.66. The lowest BCUT2D eigenvalue weighted by molar-refractivity contribution is 0.0689. The van der Waals surface area contributed by atoms with Gasteiger partial charge in [0.2, 0.25) is 0 Å². The molecule has 0 saturated heterocycles. The SMILES string of the molecule is O=C(O)c1csc2cc(Cc3cccc4ccccc34)c(C3CC3)c(=O)n12. The lowest BCUT2D eigenvalue weighted by atomic mass is 9.95. The second kappa shape index (κ2) is 6.06. The smallest absolute Gasteiger partial charge is 0.353 e. The highest BCUT2D eigenvalue weighted by molar-refractivity contribution is 7.15. The number of carboxylic acids is 1. The maximum absolute atomic E-state index is 13.2. The zero-order chi connectivity index (χ0) is 18.5. The van der Waals surface area contributed by atoms with Crippen LogP contribution in [0, 0.1) is 0 Å². The van der Waals surface area contributed by atoms with E-state index >= 15 is 0 Å². The van der Waals surface area contributed by atoms with E-state index < -0.39 is 5.97 Å². The summed E-state index contributed by atoms with van der Waals surface area (Å²) in [5, 5.41) is 13.3. The first-order valence-electron chi connectivity index (χ1n) is 8.99. The van der Waals surface area contributed by atoms with E-state index in [2.05, 4.69) is 24.3 Å². The van der Waals surface area contributed by atoms with Crippen molar-refractivity contribution in [2.45, 2.75) is 25.2 Å². The maximum Gasteiger partial charge on any atom is 0.353 e. The predicted molar refractivity (Wildman–Crippen MR) is 107 cm³/mol. The lowest BCUT2D eigenvalue weighted by Gasteiger charge is -2.12. The van der Waals surface area contributed by atoms with Crippen LogP contribution in [0.3, 0.4) is 0 Å². The highest BCUT2D eigenvalue weighted by atomic mass is 32.1. The van der Waals surface area contributed by atoms with E-state index in [0.717, 1.165) is 24.0 Å². The fourth-order valence-electron chi connectivity index (χ4n) is 3.89. The van der Waals surface area contributed by atoms with Gasteiger partial charge in [-0.2, -0.15) is 0 Å². The minimum absolute atomic E-state index is 0.0543. The minimum Gasteiger partial charge on any atom is -0.477 e. The molecular weight excluding hydrogens is 358 g/mol. The molecule has 0 atom stereocenters. The van der Waals surface area contributed by atoms with E-state index in [1.165, 1.54) is 32.1 Å². The third-order valence-electron chi connectivity index (χ3n) is 5.30. The van der Waals surface area contributed by atoms with Crippen LogP contribution >= 0.6 is 11.3 Å². The number of hydrogen-bond acceptors (Lipinski definition) is 3. The minimum atomic E-state index is -1.06. The molecule has 4 aromatic rings. The third-order valence-corrected chi connectivity index (χ3v) is 6.18. The summed E-state index contributed by atoms with van der Waals surface area (Å²) in [6.07, 6.45) is 2.67. The van der Waals surface area contributed by atoms with E-state index in [1.54, 1.807) is 5.38 Å². The molecule has 0 unspecified atom stereocenters. The average molecular weight is 375 g/mol. The Balaban J connectivity index is 1.72. The molecular formula is C22H17NO3S. The number of pyridine rings is 1. The summed E-state index contributed by atoms with van der Waals surface area (Å²) >= 11 is 1.31. The van der Waals surface area contributed by atoms with Crippen molar-refractivity contribution >= 4 is 32.9 Å². The van der Waals surface area contributed by atoms with Crippen LogP contribution in [-0.4, -0.2) is 15.5 Å². The van der Waals surface area contributed by atoms with Gasteiger partial charge in [0.1, 0.15) is 10.5 Å². The molecule has 0 bridgehead atoms. The molecule has 0 spiro atoms. The van der Waals surface area contributed by atoms with Gasteiger partial charge in [-0.3, -0.25) is 9.20 Å². The first-order chi connectivity index (χ1) is 13.1. The molecule has 1 fully saturated rings. The number of nitrogens with zero attached hydrogens (tertiary/aromatic N) is 1. The highest BCUT2D eigenvalue weighted by Crippen LogP contribution is 2.41. The summed E-state index contributed by atoms with van der Waals surface area (Å²) in [4.78, 5) is 25.4. The van der Waals surface area contributed by atoms with Gasteiger partial charge in [-0.15, -0.1) is 11.3 Å². The van der Waals surface area contributed by atoms with Crippen LogP contribution in [0.1, 0.15) is 45.9 Å². The Hall–Kier alpha value is -2.92. The highest BCUT2D eigenvalue weighted by Gasteiger charge is 2.31. The van der Waals surface area contributed by atoms with Crippen LogP contribution in [-0.2, 0) is 6.42 Å². The van der Waals surface area contributed by atoms with Crippen LogP contribution in [0.4, 0.5) is 0 Å². The van der Waals surface area contributed by atoms with Crippen LogP contribution in [0.2, 0.25) is 0 Å². The van der Waals surface area contributed by atoms with E-state index in [-0.39, 0.29) is 17.2 Å². The molecule has 1 aliphatic rings. The van der Waals surface area contributed by atoms with Gasteiger partial charge in [-0.1, -0.05) is 42.5 Å². The molecule has 0 radical (unpaired) electrons. The summed E-state index contributed by atoms with van der Waals surface area (Å²) in [5.41, 5.74) is 2.90. The van der Waals surface area contributed by atoms with Gasteiger partial charge < -0.3 is 5.11 Å². The largest absolute Gasteiger partial charge is 0.477 e. The Labute approximate surface area is 159 Å². The molecule has 1 N–H and O–H groups in total. The van der Waals surface area contributed by atoms with E-state index in [1.807, 2.05) is 24.3 Å². The van der Waals surface area contributed by atoms with Crippen LogP contribution < -0.4 is 5.56 Å². The van der Waals surface area contributed by atoms with Gasteiger partial charge in [0.25, 0.3) is 5.56 Å². The van der Waals surface area contributed by atoms with Crippen molar-refractivity contribution in [2.24, 2.45) is 0 Å². The molecule has 1 aliphatic carbocycles.